The smallest absolute Gasteiger partial charge is 0.223 e. The van der Waals surface area contributed by atoms with Gasteiger partial charge in [-0.05, 0) is 50.2 Å². The van der Waals surface area contributed by atoms with E-state index in [0.717, 1.165) is 44.1 Å². The number of aromatic nitrogens is 1. The molecule has 5 heteroatoms. The molecule has 118 valence electrons. The van der Waals surface area contributed by atoms with Crippen LogP contribution in [-0.4, -0.2) is 22.8 Å². The van der Waals surface area contributed by atoms with Crippen molar-refractivity contribution in [1.29, 1.82) is 0 Å². The number of nitrogens with one attached hydrogen (secondary N) is 2. The van der Waals surface area contributed by atoms with Crippen LogP contribution in [0.4, 0.5) is 0 Å². The highest BCUT2D eigenvalue weighted by atomic mass is 16.2. The summed E-state index contributed by atoms with van der Waals surface area (Å²) < 4.78 is 0. The molecule has 3 rings (SSSR count). The van der Waals surface area contributed by atoms with Crippen molar-refractivity contribution in [2.24, 2.45) is 11.8 Å². The summed E-state index contributed by atoms with van der Waals surface area (Å²) in [6, 6.07) is 4.24. The van der Waals surface area contributed by atoms with Crippen molar-refractivity contribution in [3.63, 3.8) is 0 Å². The highest BCUT2D eigenvalue weighted by Crippen LogP contribution is 2.30. The lowest BCUT2D eigenvalue weighted by Gasteiger charge is -2.27. The molecular formula is C17H23N3O2. The second kappa shape index (κ2) is 6.90. The van der Waals surface area contributed by atoms with Crippen LogP contribution in [0, 0.1) is 11.8 Å². The van der Waals surface area contributed by atoms with Crippen LogP contribution in [-0.2, 0) is 16.1 Å². The largest absolute Gasteiger partial charge is 0.353 e. The summed E-state index contributed by atoms with van der Waals surface area (Å²) in [4.78, 5) is 28.3. The fraction of sp³-hybridized carbons (Fsp3) is 0.588. The van der Waals surface area contributed by atoms with E-state index in [1.807, 2.05) is 12.1 Å². The minimum absolute atomic E-state index is 0.0432. The Bertz CT molecular complexity index is 520. The van der Waals surface area contributed by atoms with E-state index in [2.05, 4.69) is 15.6 Å². The first kappa shape index (κ1) is 15.0. The molecule has 2 aliphatic rings. The van der Waals surface area contributed by atoms with E-state index in [1.165, 1.54) is 0 Å². The quantitative estimate of drug-likeness (QED) is 0.871. The molecule has 2 N–H and O–H groups in total. The molecule has 0 bridgehead atoms. The summed E-state index contributed by atoms with van der Waals surface area (Å²) in [5.74, 6) is 0.436. The molecule has 1 heterocycles. The highest BCUT2D eigenvalue weighted by Gasteiger charge is 2.32. The predicted molar refractivity (Wildman–Crippen MR) is 82.7 cm³/mol. The summed E-state index contributed by atoms with van der Waals surface area (Å²) in [5.41, 5.74) is 1.01. The second-order valence-electron chi connectivity index (χ2n) is 6.41. The fourth-order valence-electron chi connectivity index (χ4n) is 3.00. The van der Waals surface area contributed by atoms with Gasteiger partial charge in [-0.15, -0.1) is 0 Å². The zero-order valence-electron chi connectivity index (χ0n) is 12.8. The standard InChI is InChI=1S/C17H23N3O2/c21-16(19-11-12-2-1-9-18-10-12)13-3-5-14(6-4-13)17(22)20-15-7-8-15/h1-2,9-10,13-15H,3-8,11H2,(H,19,21)(H,20,22). The molecule has 0 spiro atoms. The molecule has 5 nitrogen and oxygen atoms in total. The molecule has 1 aromatic rings. The van der Waals surface area contributed by atoms with E-state index in [9.17, 15) is 9.59 Å². The van der Waals surface area contributed by atoms with Gasteiger partial charge in [0.15, 0.2) is 0 Å². The Morgan fingerprint density at radius 3 is 2.32 bits per heavy atom. The van der Waals surface area contributed by atoms with Crippen LogP contribution >= 0.6 is 0 Å². The van der Waals surface area contributed by atoms with Crippen molar-refractivity contribution in [2.75, 3.05) is 0 Å². The third kappa shape index (κ3) is 4.06. The van der Waals surface area contributed by atoms with Crippen molar-refractivity contribution < 1.29 is 9.59 Å². The van der Waals surface area contributed by atoms with Gasteiger partial charge in [0.2, 0.25) is 11.8 Å². The van der Waals surface area contributed by atoms with E-state index >= 15 is 0 Å². The topological polar surface area (TPSA) is 71.1 Å². The summed E-state index contributed by atoms with van der Waals surface area (Å²) in [6.45, 7) is 0.523. The maximum Gasteiger partial charge on any atom is 0.223 e. The van der Waals surface area contributed by atoms with Crippen LogP contribution in [0.3, 0.4) is 0 Å². The molecule has 2 amide bonds. The second-order valence-corrected chi connectivity index (χ2v) is 6.41. The number of carbonyl (C=O) groups excluding carboxylic acids is 2. The summed E-state index contributed by atoms with van der Waals surface area (Å²) >= 11 is 0. The van der Waals surface area contributed by atoms with Crippen molar-refractivity contribution in [2.45, 2.75) is 51.1 Å². The van der Waals surface area contributed by atoms with Crippen LogP contribution in [0.5, 0.6) is 0 Å². The van der Waals surface area contributed by atoms with Crippen molar-refractivity contribution in [3.05, 3.63) is 30.1 Å². The number of nitrogens with zero attached hydrogens (tertiary/aromatic N) is 1. The highest BCUT2D eigenvalue weighted by molar-refractivity contribution is 5.81. The van der Waals surface area contributed by atoms with Crippen molar-refractivity contribution in [1.82, 2.24) is 15.6 Å². The summed E-state index contributed by atoms with van der Waals surface area (Å²) in [5, 5.41) is 6.04. The summed E-state index contributed by atoms with van der Waals surface area (Å²) in [6.07, 6.45) is 8.99. The van der Waals surface area contributed by atoms with E-state index < -0.39 is 0 Å². The lowest BCUT2D eigenvalue weighted by Crippen LogP contribution is -2.38. The molecule has 0 aromatic carbocycles. The molecule has 2 aliphatic carbocycles. The van der Waals surface area contributed by atoms with Gasteiger partial charge in [-0.25, -0.2) is 0 Å². The number of rotatable bonds is 5. The number of hydrogen-bond donors (Lipinski definition) is 2. The van der Waals surface area contributed by atoms with Gasteiger partial charge < -0.3 is 10.6 Å². The Morgan fingerprint density at radius 2 is 1.73 bits per heavy atom. The van der Waals surface area contributed by atoms with Crippen LogP contribution in [0.15, 0.2) is 24.5 Å². The van der Waals surface area contributed by atoms with Crippen LogP contribution in [0.1, 0.15) is 44.1 Å². The monoisotopic (exact) mass is 301 g/mol. The van der Waals surface area contributed by atoms with E-state index in [4.69, 9.17) is 0 Å². The van der Waals surface area contributed by atoms with E-state index in [1.54, 1.807) is 12.4 Å². The number of hydrogen-bond acceptors (Lipinski definition) is 3. The Labute approximate surface area is 130 Å². The Balaban J connectivity index is 1.40. The van der Waals surface area contributed by atoms with Gasteiger partial charge in [0.1, 0.15) is 0 Å². The lowest BCUT2D eigenvalue weighted by atomic mass is 9.81. The number of amides is 2. The minimum Gasteiger partial charge on any atom is -0.353 e. The molecule has 2 fully saturated rings. The van der Waals surface area contributed by atoms with E-state index in [0.29, 0.717) is 12.6 Å². The average molecular weight is 301 g/mol. The summed E-state index contributed by atoms with van der Waals surface area (Å²) in [7, 11) is 0. The van der Waals surface area contributed by atoms with Gasteiger partial charge in [-0.3, -0.25) is 14.6 Å². The Hall–Kier alpha value is -1.91. The first-order chi connectivity index (χ1) is 10.7. The third-order valence-corrected chi connectivity index (χ3v) is 4.58. The molecule has 0 unspecified atom stereocenters. The van der Waals surface area contributed by atoms with E-state index in [-0.39, 0.29) is 23.7 Å². The van der Waals surface area contributed by atoms with Gasteiger partial charge in [-0.2, -0.15) is 0 Å². The molecule has 1 aromatic heterocycles. The van der Waals surface area contributed by atoms with Crippen molar-refractivity contribution >= 4 is 11.8 Å². The molecule has 22 heavy (non-hydrogen) atoms. The molecule has 2 saturated carbocycles. The zero-order valence-corrected chi connectivity index (χ0v) is 12.8. The lowest BCUT2D eigenvalue weighted by molar-refractivity contribution is -0.130. The molecule has 0 radical (unpaired) electrons. The SMILES string of the molecule is O=C(NCc1cccnc1)C1CCC(C(=O)NC2CC2)CC1. The number of carbonyl (C=O) groups is 2. The number of pyridine rings is 1. The normalized spacial score (nSPS) is 24.5. The van der Waals surface area contributed by atoms with Gasteiger partial charge in [0.25, 0.3) is 0 Å². The first-order valence-corrected chi connectivity index (χ1v) is 8.19. The fourth-order valence-corrected chi connectivity index (χ4v) is 3.00. The molecule has 0 atom stereocenters. The molecule has 0 aliphatic heterocycles. The van der Waals surface area contributed by atoms with Gasteiger partial charge >= 0.3 is 0 Å². The van der Waals surface area contributed by atoms with Crippen LogP contribution in [0.2, 0.25) is 0 Å². The van der Waals surface area contributed by atoms with Crippen LogP contribution < -0.4 is 10.6 Å². The van der Waals surface area contributed by atoms with Gasteiger partial charge in [-0.1, -0.05) is 6.07 Å². The third-order valence-electron chi connectivity index (χ3n) is 4.58. The molecular weight excluding hydrogens is 278 g/mol. The van der Waals surface area contributed by atoms with Crippen molar-refractivity contribution in [3.8, 4) is 0 Å². The Morgan fingerprint density at radius 1 is 1.05 bits per heavy atom. The Kier molecular flexibility index (Phi) is 4.71. The van der Waals surface area contributed by atoms with Gasteiger partial charge in [0.05, 0.1) is 0 Å². The maximum absolute atomic E-state index is 12.2. The van der Waals surface area contributed by atoms with Gasteiger partial charge in [0, 0.05) is 36.8 Å². The average Bonchev–Trinajstić information content (AvgIpc) is 3.37. The first-order valence-electron chi connectivity index (χ1n) is 8.19. The predicted octanol–water partition coefficient (Wildman–Crippen LogP) is 1.78. The van der Waals surface area contributed by atoms with Crippen LogP contribution in [0.25, 0.3) is 0 Å². The molecule has 0 saturated heterocycles. The minimum atomic E-state index is 0.0432. The zero-order chi connectivity index (χ0) is 15.4. The maximum atomic E-state index is 12.2.